The Morgan fingerprint density at radius 2 is 0.777 bits per heavy atom. The first kappa shape index (κ1) is 95.1. The molecule has 0 spiro atoms. The van der Waals surface area contributed by atoms with E-state index in [0.717, 1.165) is 57.2 Å². The van der Waals surface area contributed by atoms with Gasteiger partial charge in [0, 0.05) is 37.3 Å². The molecule has 16 aromatic rings. The van der Waals surface area contributed by atoms with Crippen molar-refractivity contribution in [2.24, 2.45) is 10.2 Å². The summed E-state index contributed by atoms with van der Waals surface area (Å²) in [6.45, 7) is 0. The van der Waals surface area contributed by atoms with Gasteiger partial charge in [0.05, 0.1) is 10.5 Å². The molecule has 0 saturated heterocycles. The van der Waals surface area contributed by atoms with E-state index in [-0.39, 0.29) is 18.0 Å². The average Bonchev–Trinajstić information content (AvgIpc) is 1.55. The van der Waals surface area contributed by atoms with Crippen molar-refractivity contribution in [3.8, 4) is 55.6 Å². The number of rotatable bonds is 6. The number of halogens is 5. The number of fused-ring (bicyclic) bond motifs is 9. The maximum absolute atomic E-state index is 11.1. The van der Waals surface area contributed by atoms with Crippen LogP contribution in [0.2, 0.25) is 0 Å². The molecule has 3 N–H and O–H groups in total. The van der Waals surface area contributed by atoms with Gasteiger partial charge in [-0.15, -0.1) is 10.1 Å². The van der Waals surface area contributed by atoms with Crippen LogP contribution in [0.5, 0.6) is 0 Å². The summed E-state index contributed by atoms with van der Waals surface area (Å²) in [5.41, 5.74) is 30.1. The van der Waals surface area contributed by atoms with Crippen LogP contribution in [0.25, 0.3) is 77.2 Å². The SMILES string of the molecule is BrC1=CC2CCc3cccc4c3C2C(=C1)C4.Brc1cc(-c2ccccc2)cc(-c2ccccc2)c1.Brc1cc2c3c(ccc4cccc(c43)C2)c1.Brc1ccc2c(c1)CCc1ccccc1-2.C.O=S(=O)(O)O.O=[N+]([O-])O.O=[N+]([O-])c1cccc2c1-c1ccc(Br)cc1CC2.[2H][2H].[B]=NS.c1ccc(P(c2ccccc2)c2ccccc2)cc1.c1ccc2c(c1)CCc1ccccc1-2. The molecule has 0 heterocycles. The molecule has 23 rings (SSSR count). The zero-order valence-corrected chi connectivity index (χ0v) is 80.4. The Morgan fingerprint density at radius 3 is 1.28 bits per heavy atom. The molecule has 0 fully saturated rings. The van der Waals surface area contributed by atoms with E-state index in [1.165, 1.54) is 173 Å². The molecule has 0 aliphatic heterocycles. The molecule has 0 aromatic heterocycles. The number of aryl methyl sites for hydroxylation is 7. The van der Waals surface area contributed by atoms with Gasteiger partial charge in [-0.25, -0.2) is 0 Å². The van der Waals surface area contributed by atoms with Crippen molar-refractivity contribution >= 4 is 162 Å². The first-order valence-electron chi connectivity index (χ1n) is 42.9. The number of thiol groups is 1. The van der Waals surface area contributed by atoms with E-state index in [9.17, 15) is 10.1 Å². The second kappa shape index (κ2) is 46.2. The van der Waals surface area contributed by atoms with Crippen molar-refractivity contribution in [3.63, 3.8) is 0 Å². The largest absolute Gasteiger partial charge is 0.0622 e. The van der Waals surface area contributed by atoms with Crippen molar-refractivity contribution in [2.75, 3.05) is 0 Å². The van der Waals surface area contributed by atoms with Crippen LogP contribution in [0.15, 0.2) is 402 Å². The maximum atomic E-state index is 11.1. The minimum atomic E-state index is -4.67. The van der Waals surface area contributed by atoms with E-state index in [0.29, 0.717) is 5.92 Å². The molecular formula is C109H93BBr5N3O9PS2. The Bertz CT molecular complexity index is 6710. The Hall–Kier alpha value is -11.0. The summed E-state index contributed by atoms with van der Waals surface area (Å²) < 4.78 is 50.1. The number of benzene rings is 16. The van der Waals surface area contributed by atoms with Gasteiger partial charge in [-0.1, -0.05) is 396 Å². The number of nitrogens with zero attached hydrogens (tertiary/aromatic N) is 3. The standard InChI is InChI=1S/C18H13Br.C18H15P.C15H13Br.C15H9Br.C14H10BrNO2.C14H11Br.C14H12.CH4.BHNS.HNO3.H2O4S.H2/c19-18-12-16(14-7-3-1-4-8-14)11-17(13-18)15-9-5-2-6-10-15;1-4-10-16(11-5-1)19(17-12-6-2-7-13-17)18-14-8-3-9-15-18;2*16-13-7-11-5-4-9-2-1-3-10-6-12(8-13)15(11)14(9)10;15-11-6-7-12-10(8-11)5-4-9-2-1-3-13(14(9)12)16(17)18;15-12-7-8-14-11(9-12)6-5-10-3-1-2-4-13(10)14;1-3-7-13-11(5-1)9-10-12-6-2-4-8-14(12)13;;1-2-3;2-1(3)4;1-5(2,3)4;/h1-13H;1-15H;1-3,7-8,11,15H,4-6H2;1-5,7-8H,6H2;1-3,6-8H,4-5H2;1-4,7-9H,5-6H2;1-8H,9-10H2;1H4;3H;(H,2,3,4);(H2,1,2,3,4);1H/i;;;;;;;;;;;1+1D. The van der Waals surface area contributed by atoms with Gasteiger partial charge < -0.3 is 5.21 Å². The summed E-state index contributed by atoms with van der Waals surface area (Å²) in [6, 6.07) is 126. The normalized spacial score (nSPS) is 13.8. The molecule has 2 atom stereocenters. The third-order valence-corrected chi connectivity index (χ3v) is 28.1. The third kappa shape index (κ3) is 25.0. The van der Waals surface area contributed by atoms with Gasteiger partial charge in [0.25, 0.3) is 10.8 Å². The van der Waals surface area contributed by atoms with Crippen LogP contribution in [-0.4, -0.2) is 40.4 Å². The fraction of sp³-hybridized carbons (Fsp3) is 0.119. The van der Waals surface area contributed by atoms with E-state index < -0.39 is 23.4 Å². The molecule has 2 unspecified atom stereocenters. The molecule has 12 nitrogen and oxygen atoms in total. The average molecular weight is 2100 g/mol. The van der Waals surface area contributed by atoms with E-state index in [4.69, 9.17) is 35.8 Å². The van der Waals surface area contributed by atoms with Crippen molar-refractivity contribution in [1.82, 2.24) is 0 Å². The molecule has 16 aromatic carbocycles. The second-order valence-electron chi connectivity index (χ2n) is 31.3. The Kier molecular flexibility index (Phi) is 33.8. The Labute approximate surface area is 812 Å². The Balaban J connectivity index is 0.000000136. The number of hydrogen-bond acceptors (Lipinski definition) is 8. The third-order valence-electron chi connectivity index (χ3n) is 23.2. The summed E-state index contributed by atoms with van der Waals surface area (Å²) in [5.74, 6) is 1.45. The topological polar surface area (TPSA) is 193 Å². The van der Waals surface area contributed by atoms with Crippen LogP contribution >= 0.6 is 100 Å². The minimum Gasteiger partial charge on any atom is -0.0622 e. The van der Waals surface area contributed by atoms with Crippen LogP contribution in [0.1, 0.15) is 83.9 Å². The van der Waals surface area contributed by atoms with Crippen LogP contribution in [-0.2, 0) is 68.2 Å². The smallest absolute Gasteiger partial charge is 0.0134 e. The van der Waals surface area contributed by atoms with Gasteiger partial charge in [0.1, 0.15) is 0 Å². The number of nitro groups is 1. The summed E-state index contributed by atoms with van der Waals surface area (Å²) >= 11 is 21.0. The van der Waals surface area contributed by atoms with Crippen molar-refractivity contribution in [2.45, 2.75) is 77.6 Å². The number of allylic oxidation sites excluding steroid dienone is 4. The first-order chi connectivity index (χ1) is 63.5. The first-order valence-corrected chi connectivity index (χ1v) is 49.0. The molecule has 130 heavy (non-hydrogen) atoms. The number of hydrogen-bond donors (Lipinski definition) is 4. The zero-order chi connectivity index (χ0) is 92.5. The van der Waals surface area contributed by atoms with Gasteiger partial charge in [-0.05, 0) is 287 Å². The summed E-state index contributed by atoms with van der Waals surface area (Å²) in [7, 11) is -0.776. The zero-order valence-electron chi connectivity index (χ0n) is 71.8. The summed E-state index contributed by atoms with van der Waals surface area (Å²) in [6.07, 6.45) is 16.1. The molecule has 21 heteroatoms. The molecule has 7 aliphatic rings. The van der Waals surface area contributed by atoms with Crippen LogP contribution in [0.4, 0.5) is 5.69 Å². The van der Waals surface area contributed by atoms with Crippen molar-refractivity contribution in [3.05, 3.63) is 479 Å². The summed E-state index contributed by atoms with van der Waals surface area (Å²) in [4.78, 5) is 19.2. The second-order valence-corrected chi connectivity index (χ2v) is 39.2. The van der Waals surface area contributed by atoms with E-state index in [1.807, 2.05) is 30.3 Å². The van der Waals surface area contributed by atoms with Gasteiger partial charge in [-0.3, -0.25) is 19.2 Å². The predicted molar refractivity (Wildman–Crippen MR) is 561 cm³/mol. The maximum Gasteiger partial charge on any atom is -0.0134 e. The molecule has 653 valence electrons. The van der Waals surface area contributed by atoms with Gasteiger partial charge >= 0.3 is 35.2 Å². The van der Waals surface area contributed by atoms with Gasteiger partial charge in [-0.2, -0.15) is 8.42 Å². The monoisotopic (exact) mass is 2090 g/mol. The molecule has 0 saturated carbocycles. The van der Waals surface area contributed by atoms with E-state index in [2.05, 4.69) is 432 Å². The van der Waals surface area contributed by atoms with Crippen LogP contribution < -0.4 is 15.9 Å². The Morgan fingerprint density at radius 1 is 0.400 bits per heavy atom. The fourth-order valence-corrected chi connectivity index (χ4v) is 22.8. The quantitative estimate of drug-likeness (QED) is 0.0238. The molecule has 1 radical (unpaired) electrons. The minimum absolute atomic E-state index is 0. The number of nitro benzene ring substituents is 1. The molecule has 0 bridgehead atoms. The van der Waals surface area contributed by atoms with E-state index >= 15 is 0 Å². The predicted octanol–water partition coefficient (Wildman–Crippen LogP) is 29.8. The molecule has 7 aliphatic carbocycles. The summed E-state index contributed by atoms with van der Waals surface area (Å²) in [5, 5.41) is 34.6. The van der Waals surface area contributed by atoms with Gasteiger partial charge in [0.15, 0.2) is 0 Å². The van der Waals surface area contributed by atoms with E-state index in [1.54, 1.807) is 34.4 Å². The van der Waals surface area contributed by atoms with Crippen molar-refractivity contribution < 1.29 is 35.7 Å². The molecule has 0 amide bonds. The van der Waals surface area contributed by atoms with Crippen molar-refractivity contribution in [1.29, 1.82) is 0 Å². The van der Waals surface area contributed by atoms with Gasteiger partial charge in [0.2, 0.25) is 0 Å². The van der Waals surface area contributed by atoms with Crippen LogP contribution in [0, 0.1) is 26.1 Å². The molecular weight excluding hydrogens is 2000 g/mol. The fourth-order valence-electron chi connectivity index (χ4n) is 18.0. The van der Waals surface area contributed by atoms with Crippen LogP contribution in [0.3, 0.4) is 0 Å².